The highest BCUT2D eigenvalue weighted by molar-refractivity contribution is 5.96. The molecule has 62 valence electrons. The van der Waals surface area contributed by atoms with E-state index >= 15 is 0 Å². The van der Waals surface area contributed by atoms with Crippen LogP contribution in [0.3, 0.4) is 0 Å². The van der Waals surface area contributed by atoms with E-state index in [1.54, 1.807) is 26.1 Å². The van der Waals surface area contributed by atoms with Gasteiger partial charge < -0.3 is 0 Å². The molecule has 0 bridgehead atoms. The Kier molecular flexibility index (Phi) is 2.28. The van der Waals surface area contributed by atoms with Gasteiger partial charge in [-0.15, -0.1) is 4.91 Å². The first-order chi connectivity index (χ1) is 5.65. The normalized spacial score (nSPS) is 9.50. The van der Waals surface area contributed by atoms with E-state index < -0.39 is 5.91 Å². The van der Waals surface area contributed by atoms with Gasteiger partial charge in [-0.1, -0.05) is 0 Å². The van der Waals surface area contributed by atoms with Crippen LogP contribution in [0.2, 0.25) is 0 Å². The van der Waals surface area contributed by atoms with Crippen LogP contribution < -0.4 is 0 Å². The molecule has 0 aromatic carbocycles. The summed E-state index contributed by atoms with van der Waals surface area (Å²) in [6.07, 6.45) is 1.55. The predicted molar refractivity (Wildman–Crippen MR) is 43.8 cm³/mol. The number of hydrogen-bond donors (Lipinski definition) is 0. The van der Waals surface area contributed by atoms with E-state index in [-0.39, 0.29) is 0 Å². The van der Waals surface area contributed by atoms with Crippen LogP contribution in [0.4, 0.5) is 0 Å². The third-order valence-corrected chi connectivity index (χ3v) is 1.55. The lowest BCUT2D eigenvalue weighted by Gasteiger charge is -1.99. The number of amides is 1. The van der Waals surface area contributed by atoms with Crippen molar-refractivity contribution in [1.29, 1.82) is 0 Å². The Bertz CT molecular complexity index is 334. The minimum atomic E-state index is -0.738. The lowest BCUT2D eigenvalue weighted by molar-refractivity contribution is 0.1000. The summed E-state index contributed by atoms with van der Waals surface area (Å²) in [5.41, 5.74) is 1.70. The highest BCUT2D eigenvalue weighted by Gasteiger charge is 2.08. The van der Waals surface area contributed by atoms with Crippen LogP contribution in [0.25, 0.3) is 0 Å². The lowest BCUT2D eigenvalue weighted by atomic mass is 10.1. The van der Waals surface area contributed by atoms with Crippen molar-refractivity contribution in [3.63, 3.8) is 0 Å². The second-order valence-electron chi connectivity index (χ2n) is 2.54. The quantitative estimate of drug-likeness (QED) is 0.592. The zero-order valence-corrected chi connectivity index (χ0v) is 6.87. The number of hydrogen-bond acceptors (Lipinski definition) is 3. The molecular formula is C8H8N2O2. The Morgan fingerprint density at radius 3 is 2.75 bits per heavy atom. The van der Waals surface area contributed by atoms with Gasteiger partial charge >= 0.3 is 5.91 Å². The summed E-state index contributed by atoms with van der Waals surface area (Å²) in [6.45, 7) is 3.46. The highest BCUT2D eigenvalue weighted by Crippen LogP contribution is 2.08. The molecule has 0 unspecified atom stereocenters. The molecule has 1 aromatic rings. The first-order valence-electron chi connectivity index (χ1n) is 3.46. The van der Waals surface area contributed by atoms with Gasteiger partial charge in [0.25, 0.3) is 0 Å². The lowest BCUT2D eigenvalue weighted by Crippen LogP contribution is -1.99. The first kappa shape index (κ1) is 8.52. The van der Waals surface area contributed by atoms with Gasteiger partial charge in [0.15, 0.2) is 0 Å². The van der Waals surface area contributed by atoms with Crippen molar-refractivity contribution in [2.24, 2.45) is 5.18 Å². The predicted octanol–water partition coefficient (Wildman–Crippen LogP) is 1.61. The van der Waals surface area contributed by atoms with Crippen molar-refractivity contribution < 1.29 is 4.79 Å². The molecule has 0 aliphatic heterocycles. The molecule has 1 rings (SSSR count). The zero-order valence-electron chi connectivity index (χ0n) is 6.87. The summed E-state index contributed by atoms with van der Waals surface area (Å²) in [7, 11) is 0. The first-order valence-corrected chi connectivity index (χ1v) is 3.46. The van der Waals surface area contributed by atoms with Crippen molar-refractivity contribution in [3.8, 4) is 0 Å². The van der Waals surface area contributed by atoms with Crippen molar-refractivity contribution in [2.75, 3.05) is 0 Å². The molecule has 12 heavy (non-hydrogen) atoms. The van der Waals surface area contributed by atoms with E-state index in [0.717, 1.165) is 0 Å². The van der Waals surface area contributed by atoms with Crippen LogP contribution in [-0.2, 0) is 0 Å². The third kappa shape index (κ3) is 1.53. The number of carbonyl (C=O) groups excluding carboxylic acids is 1. The maximum atomic E-state index is 10.9. The summed E-state index contributed by atoms with van der Waals surface area (Å²) >= 11 is 0. The molecule has 0 radical (unpaired) electrons. The topological polar surface area (TPSA) is 59.4 Å². The number of nitroso groups, excluding NO2 is 1. The molecule has 0 aliphatic rings. The fourth-order valence-corrected chi connectivity index (χ4v) is 0.908. The molecule has 0 saturated carbocycles. The average molecular weight is 164 g/mol. The molecule has 4 nitrogen and oxygen atoms in total. The summed E-state index contributed by atoms with van der Waals surface area (Å²) in [5, 5.41) is 2.34. The summed E-state index contributed by atoms with van der Waals surface area (Å²) in [6, 6.07) is 1.55. The van der Waals surface area contributed by atoms with E-state index in [1.165, 1.54) is 0 Å². The van der Waals surface area contributed by atoms with Gasteiger partial charge in [0.05, 0.1) is 5.56 Å². The van der Waals surface area contributed by atoms with Crippen LogP contribution in [0.15, 0.2) is 17.4 Å². The fraction of sp³-hybridized carbons (Fsp3) is 0.250. The average Bonchev–Trinajstić information content (AvgIpc) is 2.08. The number of pyridine rings is 1. The van der Waals surface area contributed by atoms with E-state index in [1.807, 2.05) is 0 Å². The van der Waals surface area contributed by atoms with Gasteiger partial charge in [0.2, 0.25) is 0 Å². The van der Waals surface area contributed by atoms with Gasteiger partial charge in [0, 0.05) is 17.1 Å². The highest BCUT2D eigenvalue weighted by atomic mass is 16.3. The Morgan fingerprint density at radius 2 is 2.17 bits per heavy atom. The van der Waals surface area contributed by atoms with Crippen LogP contribution in [0, 0.1) is 18.8 Å². The molecule has 4 heteroatoms. The minimum Gasteiger partial charge on any atom is -0.263 e. The van der Waals surface area contributed by atoms with Gasteiger partial charge in [-0.25, -0.2) is 0 Å². The molecular weight excluding hydrogens is 156 g/mol. The van der Waals surface area contributed by atoms with Gasteiger partial charge in [-0.3, -0.25) is 9.78 Å². The van der Waals surface area contributed by atoms with Gasteiger partial charge in [0.1, 0.15) is 0 Å². The molecule has 1 heterocycles. The summed E-state index contributed by atoms with van der Waals surface area (Å²) in [5.74, 6) is -0.738. The molecule has 0 spiro atoms. The maximum Gasteiger partial charge on any atom is 0.317 e. The van der Waals surface area contributed by atoms with Crippen LogP contribution in [-0.4, -0.2) is 10.9 Å². The Labute approximate surface area is 69.6 Å². The Hall–Kier alpha value is -1.58. The fourth-order valence-electron chi connectivity index (χ4n) is 0.908. The summed E-state index contributed by atoms with van der Waals surface area (Å²) in [4.78, 5) is 24.8. The monoisotopic (exact) mass is 164 g/mol. The smallest absolute Gasteiger partial charge is 0.263 e. The minimum absolute atomic E-state index is 0.331. The van der Waals surface area contributed by atoms with Gasteiger partial charge in [-0.05, 0) is 25.5 Å². The largest absolute Gasteiger partial charge is 0.317 e. The van der Waals surface area contributed by atoms with E-state index in [9.17, 15) is 9.70 Å². The SMILES string of the molecule is Cc1cc(C(=O)N=O)c(C)cn1. The van der Waals surface area contributed by atoms with Crippen molar-refractivity contribution in [3.05, 3.63) is 34.0 Å². The molecule has 1 amide bonds. The number of carbonyl (C=O) groups is 1. The molecule has 0 saturated heterocycles. The standard InChI is InChI=1S/C8H8N2O2/c1-5-4-9-6(2)3-7(5)8(11)10-12/h3-4H,1-2H3. The molecule has 0 aliphatic carbocycles. The summed E-state index contributed by atoms with van der Waals surface area (Å²) < 4.78 is 0. The Balaban J connectivity index is 3.22. The number of rotatable bonds is 1. The van der Waals surface area contributed by atoms with E-state index in [2.05, 4.69) is 10.2 Å². The zero-order chi connectivity index (χ0) is 9.14. The van der Waals surface area contributed by atoms with Crippen molar-refractivity contribution in [2.45, 2.75) is 13.8 Å². The van der Waals surface area contributed by atoms with E-state index in [4.69, 9.17) is 0 Å². The number of aromatic nitrogens is 1. The number of aryl methyl sites for hydroxylation is 2. The second kappa shape index (κ2) is 3.21. The third-order valence-electron chi connectivity index (χ3n) is 1.55. The molecule has 0 N–H and O–H groups in total. The number of nitrogens with zero attached hydrogens (tertiary/aromatic N) is 2. The molecule has 1 aromatic heterocycles. The Morgan fingerprint density at radius 1 is 1.50 bits per heavy atom. The van der Waals surface area contributed by atoms with Crippen LogP contribution in [0.1, 0.15) is 21.6 Å². The van der Waals surface area contributed by atoms with E-state index in [0.29, 0.717) is 16.8 Å². The van der Waals surface area contributed by atoms with Crippen LogP contribution >= 0.6 is 0 Å². The van der Waals surface area contributed by atoms with Crippen LogP contribution in [0.5, 0.6) is 0 Å². The molecule has 0 fully saturated rings. The van der Waals surface area contributed by atoms with Crippen molar-refractivity contribution in [1.82, 2.24) is 4.98 Å². The maximum absolute atomic E-state index is 10.9. The molecule has 0 atom stereocenters. The second-order valence-corrected chi connectivity index (χ2v) is 2.54. The van der Waals surface area contributed by atoms with Crippen molar-refractivity contribution >= 4 is 5.91 Å². The van der Waals surface area contributed by atoms with Gasteiger partial charge in [-0.2, -0.15) is 0 Å².